The molecular weight excluding hydrogens is 290 g/mol. The maximum Gasteiger partial charge on any atom is 0.253 e. The normalized spacial score (nSPS) is 11.3. The van der Waals surface area contributed by atoms with Crippen LogP contribution >= 0.6 is 11.6 Å². The molecule has 4 N–H and O–H groups in total. The Morgan fingerprint density at radius 2 is 2.05 bits per heavy atom. The van der Waals surface area contributed by atoms with Gasteiger partial charge in [-0.15, -0.1) is 0 Å². The van der Waals surface area contributed by atoms with E-state index in [1.807, 2.05) is 0 Å². The Bertz CT molecular complexity index is 560. The Hall–Kier alpha value is -1.31. The molecule has 106 valence electrons. The fourth-order valence-corrected chi connectivity index (χ4v) is 2.07. The fourth-order valence-electron chi connectivity index (χ4n) is 1.38. The van der Waals surface area contributed by atoms with Crippen LogP contribution in [0.5, 0.6) is 0 Å². The molecule has 0 radical (unpaired) electrons. The third-order valence-electron chi connectivity index (χ3n) is 2.30. The molecule has 0 heterocycles. The Morgan fingerprint density at radius 1 is 1.37 bits per heavy atom. The van der Waals surface area contributed by atoms with Crippen molar-refractivity contribution in [2.45, 2.75) is 6.42 Å². The van der Waals surface area contributed by atoms with Crippen molar-refractivity contribution in [3.05, 3.63) is 28.8 Å². The first-order valence-electron chi connectivity index (χ1n) is 5.58. The van der Waals surface area contributed by atoms with Gasteiger partial charge >= 0.3 is 0 Å². The van der Waals surface area contributed by atoms with E-state index in [2.05, 4.69) is 10.0 Å². The summed E-state index contributed by atoms with van der Waals surface area (Å²) in [7, 11) is -3.19. The number of halogens is 1. The van der Waals surface area contributed by atoms with Gasteiger partial charge < -0.3 is 11.1 Å². The van der Waals surface area contributed by atoms with E-state index in [0.29, 0.717) is 23.6 Å². The highest BCUT2D eigenvalue weighted by Gasteiger charge is 2.10. The number of nitrogens with two attached hydrogens (primary N) is 1. The molecule has 8 heteroatoms. The number of benzene rings is 1. The number of rotatable bonds is 6. The van der Waals surface area contributed by atoms with E-state index >= 15 is 0 Å². The van der Waals surface area contributed by atoms with Crippen molar-refractivity contribution in [2.24, 2.45) is 0 Å². The first-order valence-corrected chi connectivity index (χ1v) is 7.85. The van der Waals surface area contributed by atoms with Gasteiger partial charge in [-0.2, -0.15) is 0 Å². The zero-order valence-corrected chi connectivity index (χ0v) is 12.0. The van der Waals surface area contributed by atoms with Crippen LogP contribution in [-0.2, 0) is 10.0 Å². The van der Waals surface area contributed by atoms with E-state index in [-0.39, 0.29) is 18.1 Å². The average molecular weight is 306 g/mol. The van der Waals surface area contributed by atoms with Crippen LogP contribution < -0.4 is 15.8 Å². The number of hydrogen-bond donors (Lipinski definition) is 3. The lowest BCUT2D eigenvalue weighted by Gasteiger charge is -2.08. The topological polar surface area (TPSA) is 101 Å². The minimum absolute atomic E-state index is 0.232. The van der Waals surface area contributed by atoms with E-state index in [9.17, 15) is 13.2 Å². The Kier molecular flexibility index (Phi) is 5.59. The molecule has 0 aliphatic carbocycles. The van der Waals surface area contributed by atoms with Gasteiger partial charge in [0.25, 0.3) is 5.91 Å². The van der Waals surface area contributed by atoms with Gasteiger partial charge in [0.05, 0.1) is 22.5 Å². The predicted octanol–water partition coefficient (Wildman–Crippen LogP) is 0.591. The highest BCUT2D eigenvalue weighted by atomic mass is 35.5. The second-order valence-corrected chi connectivity index (χ2v) is 6.22. The average Bonchev–Trinajstić information content (AvgIpc) is 2.30. The van der Waals surface area contributed by atoms with Gasteiger partial charge in [0.2, 0.25) is 10.0 Å². The maximum absolute atomic E-state index is 11.8. The molecule has 1 aromatic rings. The molecule has 0 aliphatic rings. The summed E-state index contributed by atoms with van der Waals surface area (Å²) in [6, 6.07) is 4.81. The molecule has 0 spiro atoms. The summed E-state index contributed by atoms with van der Waals surface area (Å²) in [6.45, 7) is 0.609. The van der Waals surface area contributed by atoms with Crippen molar-refractivity contribution in [3.63, 3.8) is 0 Å². The van der Waals surface area contributed by atoms with Crippen molar-refractivity contribution >= 4 is 33.2 Å². The number of amides is 1. The molecule has 0 atom stereocenters. The van der Waals surface area contributed by atoms with Gasteiger partial charge in [0.15, 0.2) is 0 Å². The summed E-state index contributed by atoms with van der Waals surface area (Å²) in [5, 5.41) is 2.97. The Labute approximate surface area is 117 Å². The lowest BCUT2D eigenvalue weighted by Crippen LogP contribution is -2.29. The van der Waals surface area contributed by atoms with Crippen molar-refractivity contribution < 1.29 is 13.2 Å². The number of nitrogen functional groups attached to an aromatic ring is 1. The van der Waals surface area contributed by atoms with Gasteiger partial charge in [-0.3, -0.25) is 4.79 Å². The van der Waals surface area contributed by atoms with Crippen LogP contribution in [0, 0.1) is 0 Å². The molecular formula is C11H16ClN3O3S. The molecule has 0 saturated carbocycles. The van der Waals surface area contributed by atoms with E-state index in [1.54, 1.807) is 18.2 Å². The van der Waals surface area contributed by atoms with E-state index in [4.69, 9.17) is 17.3 Å². The lowest BCUT2D eigenvalue weighted by molar-refractivity contribution is 0.0954. The van der Waals surface area contributed by atoms with Gasteiger partial charge in [-0.05, 0) is 18.6 Å². The fraction of sp³-hybridized carbons (Fsp3) is 0.364. The summed E-state index contributed by atoms with van der Waals surface area (Å²) < 4.78 is 23.9. The number of sulfonamides is 1. The van der Waals surface area contributed by atoms with Gasteiger partial charge in [0.1, 0.15) is 0 Å². The zero-order chi connectivity index (χ0) is 14.5. The molecule has 0 aromatic heterocycles. The number of hydrogen-bond acceptors (Lipinski definition) is 4. The maximum atomic E-state index is 11.8. The van der Waals surface area contributed by atoms with E-state index < -0.39 is 10.0 Å². The van der Waals surface area contributed by atoms with Crippen molar-refractivity contribution in [2.75, 3.05) is 25.1 Å². The number of nitrogens with one attached hydrogen (secondary N) is 2. The van der Waals surface area contributed by atoms with Crippen molar-refractivity contribution in [1.29, 1.82) is 0 Å². The van der Waals surface area contributed by atoms with Gasteiger partial charge in [-0.1, -0.05) is 17.7 Å². The smallest absolute Gasteiger partial charge is 0.253 e. The number of carbonyl (C=O) groups excluding carboxylic acids is 1. The van der Waals surface area contributed by atoms with Crippen LogP contribution in [0.2, 0.25) is 5.02 Å². The molecule has 0 saturated heterocycles. The summed E-state index contributed by atoms with van der Waals surface area (Å²) in [5.41, 5.74) is 6.23. The molecule has 1 aromatic carbocycles. The minimum Gasteiger partial charge on any atom is -0.397 e. The summed E-state index contributed by atoms with van der Waals surface area (Å²) in [5.74, 6) is -0.334. The number of carbonyl (C=O) groups is 1. The molecule has 19 heavy (non-hydrogen) atoms. The standard InChI is InChI=1S/C11H16ClN3O3S/c1-19(17,18)15-7-3-6-14-11(16)8-4-2-5-9(12)10(8)13/h2,4-5,15H,3,6-7,13H2,1H3,(H,14,16). The van der Waals surface area contributed by atoms with Crippen molar-refractivity contribution in [3.8, 4) is 0 Å². The van der Waals surface area contributed by atoms with Crippen LogP contribution in [0.25, 0.3) is 0 Å². The van der Waals surface area contributed by atoms with Crippen LogP contribution in [0.1, 0.15) is 16.8 Å². The first-order chi connectivity index (χ1) is 8.81. The number of anilines is 1. The highest BCUT2D eigenvalue weighted by molar-refractivity contribution is 7.88. The second kappa shape index (κ2) is 6.74. The molecule has 0 bridgehead atoms. The van der Waals surface area contributed by atoms with Crippen molar-refractivity contribution in [1.82, 2.24) is 10.0 Å². The third-order valence-corrected chi connectivity index (χ3v) is 3.36. The molecule has 1 rings (SSSR count). The highest BCUT2D eigenvalue weighted by Crippen LogP contribution is 2.21. The molecule has 1 amide bonds. The molecule has 6 nitrogen and oxygen atoms in total. The van der Waals surface area contributed by atoms with Gasteiger partial charge in [-0.25, -0.2) is 13.1 Å². The monoisotopic (exact) mass is 305 g/mol. The van der Waals surface area contributed by atoms with Crippen LogP contribution in [-0.4, -0.2) is 33.7 Å². The zero-order valence-electron chi connectivity index (χ0n) is 10.4. The van der Waals surface area contributed by atoms with Gasteiger partial charge in [0, 0.05) is 13.1 Å². The summed E-state index contributed by atoms with van der Waals surface area (Å²) >= 11 is 5.81. The third kappa shape index (κ3) is 5.46. The Morgan fingerprint density at radius 3 is 2.68 bits per heavy atom. The Balaban J connectivity index is 2.42. The molecule has 0 aliphatic heterocycles. The summed E-state index contributed by atoms with van der Waals surface area (Å²) in [6.07, 6.45) is 1.57. The second-order valence-electron chi connectivity index (χ2n) is 3.98. The quantitative estimate of drug-likeness (QED) is 0.529. The van der Waals surface area contributed by atoms with E-state index in [1.165, 1.54) is 0 Å². The van der Waals surface area contributed by atoms with Crippen LogP contribution in [0.3, 0.4) is 0 Å². The summed E-state index contributed by atoms with van der Waals surface area (Å²) in [4.78, 5) is 11.8. The SMILES string of the molecule is CS(=O)(=O)NCCCNC(=O)c1cccc(Cl)c1N. The minimum atomic E-state index is -3.19. The largest absolute Gasteiger partial charge is 0.397 e. The van der Waals surface area contributed by atoms with E-state index in [0.717, 1.165) is 6.26 Å². The first kappa shape index (κ1) is 15.7. The number of para-hydroxylation sites is 1. The lowest BCUT2D eigenvalue weighted by atomic mass is 10.1. The predicted molar refractivity (Wildman–Crippen MR) is 75.7 cm³/mol. The van der Waals surface area contributed by atoms with Crippen LogP contribution in [0.15, 0.2) is 18.2 Å². The molecule has 0 unspecified atom stereocenters. The van der Waals surface area contributed by atoms with Crippen LogP contribution in [0.4, 0.5) is 5.69 Å². The molecule has 0 fully saturated rings.